The molecule has 3 aromatic heterocycles. The maximum atomic E-state index is 12.8. The van der Waals surface area contributed by atoms with Crippen LogP contribution in [0, 0.1) is 0 Å². The molecule has 0 aliphatic carbocycles. The summed E-state index contributed by atoms with van der Waals surface area (Å²) in [7, 11) is 1.96. The molecule has 0 aliphatic heterocycles. The molecule has 3 heterocycles. The Morgan fingerprint density at radius 3 is 2.64 bits per heavy atom. The van der Waals surface area contributed by atoms with Gasteiger partial charge in [-0.1, -0.05) is 12.1 Å². The minimum absolute atomic E-state index is 0.104. The van der Waals surface area contributed by atoms with Gasteiger partial charge in [-0.25, -0.2) is 14.6 Å². The Morgan fingerprint density at radius 1 is 1.16 bits per heavy atom. The van der Waals surface area contributed by atoms with Gasteiger partial charge < -0.3 is 4.57 Å². The molecule has 4 aromatic rings. The Labute approximate surface area is 144 Å². The lowest BCUT2D eigenvalue weighted by atomic mass is 10.1. The van der Waals surface area contributed by atoms with Gasteiger partial charge in [-0.2, -0.15) is 5.10 Å². The fraction of sp³-hybridized carbons (Fsp3) is 0.333. The van der Waals surface area contributed by atoms with Crippen LogP contribution in [0.5, 0.6) is 0 Å². The summed E-state index contributed by atoms with van der Waals surface area (Å²) in [5, 5.41) is 4.87. The van der Waals surface area contributed by atoms with Crippen LogP contribution in [0.2, 0.25) is 0 Å². The van der Waals surface area contributed by atoms with E-state index in [2.05, 4.69) is 15.1 Å². The highest BCUT2D eigenvalue weighted by molar-refractivity contribution is 5.76. The highest BCUT2D eigenvalue weighted by Crippen LogP contribution is 2.18. The van der Waals surface area contributed by atoms with E-state index in [0.717, 1.165) is 16.9 Å². The first-order valence-corrected chi connectivity index (χ1v) is 8.20. The fourth-order valence-corrected chi connectivity index (χ4v) is 3.04. The van der Waals surface area contributed by atoms with Crippen LogP contribution >= 0.6 is 0 Å². The van der Waals surface area contributed by atoms with E-state index in [-0.39, 0.29) is 11.1 Å². The summed E-state index contributed by atoms with van der Waals surface area (Å²) in [5.74, 6) is 0.813. The second-order valence-corrected chi connectivity index (χ2v) is 7.22. The zero-order valence-corrected chi connectivity index (χ0v) is 14.8. The van der Waals surface area contributed by atoms with Crippen molar-refractivity contribution in [1.29, 1.82) is 0 Å². The predicted octanol–water partition coefficient (Wildman–Crippen LogP) is 2.28. The molecule has 7 nitrogen and oxygen atoms in total. The van der Waals surface area contributed by atoms with Gasteiger partial charge in [0.15, 0.2) is 5.65 Å². The third-order valence-electron chi connectivity index (χ3n) is 4.38. The summed E-state index contributed by atoms with van der Waals surface area (Å²) >= 11 is 0. The molecule has 25 heavy (non-hydrogen) atoms. The SMILES string of the molecule is Cn1c(Cn2cnc3c(cnn3C(C)(C)C)c2=O)nc2ccccc21. The van der Waals surface area contributed by atoms with Crippen LogP contribution in [0.15, 0.2) is 41.6 Å². The largest absolute Gasteiger partial charge is 0.330 e. The molecule has 0 fully saturated rings. The van der Waals surface area contributed by atoms with Gasteiger partial charge in [0.25, 0.3) is 5.56 Å². The molecule has 128 valence electrons. The Kier molecular flexibility index (Phi) is 3.28. The summed E-state index contributed by atoms with van der Waals surface area (Å²) in [6, 6.07) is 7.92. The molecule has 4 rings (SSSR count). The van der Waals surface area contributed by atoms with Crippen molar-refractivity contribution in [1.82, 2.24) is 28.9 Å². The molecule has 7 heteroatoms. The summed E-state index contributed by atoms with van der Waals surface area (Å²) in [6.07, 6.45) is 3.18. The number of para-hydroxylation sites is 2. The average Bonchev–Trinajstić information content (AvgIpc) is 3.13. The minimum atomic E-state index is -0.231. The van der Waals surface area contributed by atoms with Crippen LogP contribution in [-0.4, -0.2) is 28.9 Å². The molecule has 0 unspecified atom stereocenters. The first kappa shape index (κ1) is 15.6. The van der Waals surface area contributed by atoms with Gasteiger partial charge >= 0.3 is 0 Å². The van der Waals surface area contributed by atoms with Crippen molar-refractivity contribution < 1.29 is 0 Å². The molecule has 0 bridgehead atoms. The quantitative estimate of drug-likeness (QED) is 0.563. The Balaban J connectivity index is 1.81. The first-order valence-electron chi connectivity index (χ1n) is 8.20. The molecule has 0 spiro atoms. The average molecular weight is 336 g/mol. The highest BCUT2D eigenvalue weighted by atomic mass is 16.1. The van der Waals surface area contributed by atoms with Crippen LogP contribution in [0.25, 0.3) is 22.1 Å². The number of benzene rings is 1. The Bertz CT molecular complexity index is 1140. The number of imidazole rings is 1. The lowest BCUT2D eigenvalue weighted by Gasteiger charge is -2.19. The van der Waals surface area contributed by atoms with E-state index in [1.165, 1.54) is 0 Å². The second-order valence-electron chi connectivity index (χ2n) is 7.22. The van der Waals surface area contributed by atoms with Gasteiger partial charge in [-0.05, 0) is 32.9 Å². The minimum Gasteiger partial charge on any atom is -0.330 e. The molecule has 0 radical (unpaired) electrons. The van der Waals surface area contributed by atoms with Crippen LogP contribution in [0.1, 0.15) is 26.6 Å². The third kappa shape index (κ3) is 2.43. The lowest BCUT2D eigenvalue weighted by Crippen LogP contribution is -2.26. The second kappa shape index (κ2) is 5.27. The van der Waals surface area contributed by atoms with Gasteiger partial charge in [-0.3, -0.25) is 9.36 Å². The van der Waals surface area contributed by atoms with E-state index in [1.807, 2.05) is 56.7 Å². The van der Waals surface area contributed by atoms with Gasteiger partial charge in [0.1, 0.15) is 17.5 Å². The zero-order valence-electron chi connectivity index (χ0n) is 14.8. The molecular formula is C18H20N6O. The zero-order chi connectivity index (χ0) is 17.8. The number of hydrogen-bond donors (Lipinski definition) is 0. The molecule has 1 aromatic carbocycles. The van der Waals surface area contributed by atoms with Crippen molar-refractivity contribution >= 4 is 22.1 Å². The van der Waals surface area contributed by atoms with E-state index in [0.29, 0.717) is 17.6 Å². The highest BCUT2D eigenvalue weighted by Gasteiger charge is 2.20. The number of fused-ring (bicyclic) bond motifs is 2. The molecule has 0 saturated heterocycles. The molecule has 0 saturated carbocycles. The number of aromatic nitrogens is 6. The number of rotatable bonds is 2. The smallest absolute Gasteiger partial charge is 0.264 e. The van der Waals surface area contributed by atoms with Crippen molar-refractivity contribution in [3.63, 3.8) is 0 Å². The van der Waals surface area contributed by atoms with E-state index in [1.54, 1.807) is 21.8 Å². The van der Waals surface area contributed by atoms with Crippen molar-refractivity contribution in [3.05, 3.63) is 53.0 Å². The van der Waals surface area contributed by atoms with Gasteiger partial charge in [0.2, 0.25) is 0 Å². The van der Waals surface area contributed by atoms with Crippen molar-refractivity contribution in [3.8, 4) is 0 Å². The Hall–Kier alpha value is -2.96. The van der Waals surface area contributed by atoms with E-state index in [4.69, 9.17) is 0 Å². The molecule has 0 amide bonds. The number of nitrogens with zero attached hydrogens (tertiary/aromatic N) is 6. The molecule has 0 N–H and O–H groups in total. The summed E-state index contributed by atoms with van der Waals surface area (Å²) in [5.41, 5.74) is 2.24. The monoisotopic (exact) mass is 336 g/mol. The molecule has 0 atom stereocenters. The van der Waals surface area contributed by atoms with Crippen molar-refractivity contribution in [2.24, 2.45) is 7.05 Å². The number of aryl methyl sites for hydroxylation is 1. The van der Waals surface area contributed by atoms with Gasteiger partial charge in [-0.15, -0.1) is 0 Å². The van der Waals surface area contributed by atoms with Crippen LogP contribution in [-0.2, 0) is 19.1 Å². The lowest BCUT2D eigenvalue weighted by molar-refractivity contribution is 0.365. The van der Waals surface area contributed by atoms with Crippen LogP contribution < -0.4 is 5.56 Å². The summed E-state index contributed by atoms with van der Waals surface area (Å²) in [6.45, 7) is 6.47. The van der Waals surface area contributed by atoms with E-state index >= 15 is 0 Å². The topological polar surface area (TPSA) is 70.5 Å². The first-order chi connectivity index (χ1) is 11.9. The standard InChI is InChI=1S/C18H20N6O/c1-18(2,3)24-16-12(9-20-24)17(25)23(11-19-16)10-15-21-13-7-5-6-8-14(13)22(15)4/h5-9,11H,10H2,1-4H3. The number of hydrogen-bond acceptors (Lipinski definition) is 4. The normalized spacial score (nSPS) is 12.3. The molecule has 0 aliphatic rings. The van der Waals surface area contributed by atoms with Crippen molar-refractivity contribution in [2.45, 2.75) is 32.9 Å². The van der Waals surface area contributed by atoms with Crippen LogP contribution in [0.4, 0.5) is 0 Å². The third-order valence-corrected chi connectivity index (χ3v) is 4.38. The van der Waals surface area contributed by atoms with E-state index in [9.17, 15) is 4.79 Å². The summed E-state index contributed by atoms with van der Waals surface area (Å²) in [4.78, 5) is 21.9. The molecular weight excluding hydrogens is 316 g/mol. The van der Waals surface area contributed by atoms with Gasteiger partial charge in [0.05, 0.1) is 29.3 Å². The van der Waals surface area contributed by atoms with Crippen LogP contribution in [0.3, 0.4) is 0 Å². The van der Waals surface area contributed by atoms with Gasteiger partial charge in [0, 0.05) is 7.05 Å². The van der Waals surface area contributed by atoms with E-state index < -0.39 is 0 Å². The maximum absolute atomic E-state index is 12.8. The van der Waals surface area contributed by atoms with Crippen molar-refractivity contribution in [2.75, 3.05) is 0 Å². The summed E-state index contributed by atoms with van der Waals surface area (Å²) < 4.78 is 5.37. The fourth-order valence-electron chi connectivity index (χ4n) is 3.04. The predicted molar refractivity (Wildman–Crippen MR) is 96.6 cm³/mol. The Morgan fingerprint density at radius 2 is 1.92 bits per heavy atom. The maximum Gasteiger partial charge on any atom is 0.264 e.